The molecule has 4 heteroatoms. The van der Waals surface area contributed by atoms with Gasteiger partial charge in [-0.3, -0.25) is 10.1 Å². The molecule has 0 radical (unpaired) electrons. The summed E-state index contributed by atoms with van der Waals surface area (Å²) in [5, 5.41) is 13.4. The van der Waals surface area contributed by atoms with E-state index in [-0.39, 0.29) is 0 Å². The molecule has 1 aliphatic rings. The quantitative estimate of drug-likeness (QED) is 0.869. The normalized spacial score (nSPS) is 24.9. The SMILES string of the molecule is CSC1CCC(NC(C(=O)O)c2ccccc2)CC1. The van der Waals surface area contributed by atoms with Crippen molar-refractivity contribution in [3.63, 3.8) is 0 Å². The average molecular weight is 279 g/mol. The lowest BCUT2D eigenvalue weighted by molar-refractivity contribution is -0.140. The van der Waals surface area contributed by atoms with Crippen molar-refractivity contribution in [3.8, 4) is 0 Å². The summed E-state index contributed by atoms with van der Waals surface area (Å²) in [6.45, 7) is 0. The molecule has 104 valence electrons. The molecule has 0 bridgehead atoms. The second-order valence-electron chi connectivity index (χ2n) is 5.06. The molecule has 3 nitrogen and oxygen atoms in total. The monoisotopic (exact) mass is 279 g/mol. The molecule has 0 aromatic heterocycles. The van der Waals surface area contributed by atoms with Crippen LogP contribution in [0.1, 0.15) is 37.3 Å². The zero-order valence-electron chi connectivity index (χ0n) is 11.2. The summed E-state index contributed by atoms with van der Waals surface area (Å²) >= 11 is 1.93. The van der Waals surface area contributed by atoms with Gasteiger partial charge in [-0.25, -0.2) is 0 Å². The first-order valence-electron chi connectivity index (χ1n) is 6.77. The number of hydrogen-bond acceptors (Lipinski definition) is 3. The van der Waals surface area contributed by atoms with E-state index in [0.29, 0.717) is 6.04 Å². The first-order chi connectivity index (χ1) is 9.20. The molecule has 1 aromatic rings. The van der Waals surface area contributed by atoms with Crippen LogP contribution in [0.3, 0.4) is 0 Å². The van der Waals surface area contributed by atoms with Crippen LogP contribution in [0.25, 0.3) is 0 Å². The number of carboxylic acids is 1. The van der Waals surface area contributed by atoms with Crippen molar-refractivity contribution in [1.82, 2.24) is 5.32 Å². The molecule has 1 aromatic carbocycles. The maximum Gasteiger partial charge on any atom is 0.325 e. The summed E-state index contributed by atoms with van der Waals surface area (Å²) in [5.74, 6) is -0.793. The molecule has 0 amide bonds. The van der Waals surface area contributed by atoms with Crippen molar-refractivity contribution < 1.29 is 9.90 Å². The van der Waals surface area contributed by atoms with Gasteiger partial charge < -0.3 is 5.11 Å². The Balaban J connectivity index is 1.97. The largest absolute Gasteiger partial charge is 0.480 e. The molecule has 2 N–H and O–H groups in total. The molecule has 1 fully saturated rings. The molecule has 1 atom stereocenters. The number of aliphatic carboxylic acids is 1. The smallest absolute Gasteiger partial charge is 0.325 e. The summed E-state index contributed by atoms with van der Waals surface area (Å²) in [5.41, 5.74) is 0.835. The number of benzene rings is 1. The van der Waals surface area contributed by atoms with Crippen LogP contribution >= 0.6 is 11.8 Å². The number of thioether (sulfide) groups is 1. The van der Waals surface area contributed by atoms with E-state index in [1.807, 2.05) is 42.1 Å². The molecular weight excluding hydrogens is 258 g/mol. The van der Waals surface area contributed by atoms with Gasteiger partial charge in [0, 0.05) is 11.3 Å². The molecular formula is C15H21NO2S. The van der Waals surface area contributed by atoms with Gasteiger partial charge in [-0.15, -0.1) is 0 Å². The highest BCUT2D eigenvalue weighted by molar-refractivity contribution is 7.99. The van der Waals surface area contributed by atoms with Crippen LogP contribution in [0.15, 0.2) is 30.3 Å². The van der Waals surface area contributed by atoms with E-state index in [0.717, 1.165) is 23.7 Å². The number of hydrogen-bond donors (Lipinski definition) is 2. The number of carbonyl (C=O) groups is 1. The lowest BCUT2D eigenvalue weighted by Crippen LogP contribution is -2.39. The van der Waals surface area contributed by atoms with Crippen molar-refractivity contribution in [3.05, 3.63) is 35.9 Å². The van der Waals surface area contributed by atoms with Crippen molar-refractivity contribution in [2.45, 2.75) is 43.0 Å². The standard InChI is InChI=1S/C15H21NO2S/c1-19-13-9-7-12(8-10-13)16-14(15(17)18)11-5-3-2-4-6-11/h2-6,12-14,16H,7-10H2,1H3,(H,17,18). The Hall–Kier alpha value is -1.00. The summed E-state index contributed by atoms with van der Waals surface area (Å²) in [7, 11) is 0. The van der Waals surface area contributed by atoms with Crippen LogP contribution in [0.4, 0.5) is 0 Å². The van der Waals surface area contributed by atoms with E-state index in [1.54, 1.807) is 0 Å². The second-order valence-corrected chi connectivity index (χ2v) is 6.20. The third-order valence-electron chi connectivity index (χ3n) is 3.79. The third kappa shape index (κ3) is 3.98. The van der Waals surface area contributed by atoms with Gasteiger partial charge >= 0.3 is 5.97 Å². The Morgan fingerprint density at radius 1 is 1.26 bits per heavy atom. The Bertz CT molecular complexity index is 402. The average Bonchev–Trinajstić information content (AvgIpc) is 2.46. The minimum absolute atomic E-state index is 0.324. The van der Waals surface area contributed by atoms with Crippen molar-refractivity contribution in [2.24, 2.45) is 0 Å². The fourth-order valence-corrected chi connectivity index (χ4v) is 3.40. The fraction of sp³-hybridized carbons (Fsp3) is 0.533. The number of nitrogens with one attached hydrogen (secondary N) is 1. The molecule has 2 rings (SSSR count). The predicted octanol–water partition coefficient (Wildman–Crippen LogP) is 3.08. The van der Waals surface area contributed by atoms with E-state index in [1.165, 1.54) is 12.8 Å². The van der Waals surface area contributed by atoms with Crippen LogP contribution in [-0.2, 0) is 4.79 Å². The molecule has 1 unspecified atom stereocenters. The van der Waals surface area contributed by atoms with E-state index in [9.17, 15) is 9.90 Å². The molecule has 0 spiro atoms. The molecule has 0 aliphatic heterocycles. The zero-order valence-corrected chi connectivity index (χ0v) is 12.0. The van der Waals surface area contributed by atoms with Crippen LogP contribution in [-0.4, -0.2) is 28.6 Å². The maximum absolute atomic E-state index is 11.4. The molecule has 19 heavy (non-hydrogen) atoms. The highest BCUT2D eigenvalue weighted by atomic mass is 32.2. The third-order valence-corrected chi connectivity index (χ3v) is 4.93. The number of rotatable bonds is 5. The van der Waals surface area contributed by atoms with Crippen LogP contribution in [0.2, 0.25) is 0 Å². The molecule has 1 aliphatic carbocycles. The Labute approximate surface area is 118 Å². The minimum atomic E-state index is -0.793. The lowest BCUT2D eigenvalue weighted by Gasteiger charge is -2.30. The molecule has 0 saturated heterocycles. The summed E-state index contributed by atoms with van der Waals surface area (Å²) < 4.78 is 0. The topological polar surface area (TPSA) is 49.3 Å². The zero-order chi connectivity index (χ0) is 13.7. The van der Waals surface area contributed by atoms with Gasteiger partial charge in [0.25, 0.3) is 0 Å². The first kappa shape index (κ1) is 14.4. The molecule has 0 heterocycles. The van der Waals surface area contributed by atoms with E-state index in [4.69, 9.17) is 0 Å². The minimum Gasteiger partial charge on any atom is -0.480 e. The highest BCUT2D eigenvalue weighted by Gasteiger charge is 2.26. The van der Waals surface area contributed by atoms with Crippen LogP contribution in [0, 0.1) is 0 Å². The predicted molar refractivity (Wildman–Crippen MR) is 79.5 cm³/mol. The fourth-order valence-electron chi connectivity index (χ4n) is 2.66. The van der Waals surface area contributed by atoms with Crippen molar-refractivity contribution in [1.29, 1.82) is 0 Å². The maximum atomic E-state index is 11.4. The molecule has 1 saturated carbocycles. The highest BCUT2D eigenvalue weighted by Crippen LogP contribution is 2.28. The van der Waals surface area contributed by atoms with Gasteiger partial charge in [-0.1, -0.05) is 30.3 Å². The van der Waals surface area contributed by atoms with Gasteiger partial charge in [-0.05, 0) is 37.5 Å². The van der Waals surface area contributed by atoms with Gasteiger partial charge in [-0.2, -0.15) is 11.8 Å². The van der Waals surface area contributed by atoms with Crippen LogP contribution < -0.4 is 5.32 Å². The number of carboxylic acid groups (broad SMARTS) is 1. The van der Waals surface area contributed by atoms with E-state index < -0.39 is 12.0 Å². The van der Waals surface area contributed by atoms with Gasteiger partial charge in [0.05, 0.1) is 0 Å². The van der Waals surface area contributed by atoms with Crippen molar-refractivity contribution >= 4 is 17.7 Å². The summed E-state index contributed by atoms with van der Waals surface area (Å²) in [4.78, 5) is 11.4. The summed E-state index contributed by atoms with van der Waals surface area (Å²) in [6, 6.07) is 9.17. The van der Waals surface area contributed by atoms with Crippen LogP contribution in [0.5, 0.6) is 0 Å². The van der Waals surface area contributed by atoms with E-state index in [2.05, 4.69) is 11.6 Å². The Morgan fingerprint density at radius 2 is 1.89 bits per heavy atom. The van der Waals surface area contributed by atoms with E-state index >= 15 is 0 Å². The second kappa shape index (κ2) is 6.96. The Kier molecular flexibility index (Phi) is 5.28. The summed E-state index contributed by atoms with van der Waals surface area (Å²) in [6.07, 6.45) is 6.66. The Morgan fingerprint density at radius 3 is 2.42 bits per heavy atom. The van der Waals surface area contributed by atoms with Gasteiger partial charge in [0.15, 0.2) is 0 Å². The van der Waals surface area contributed by atoms with Gasteiger partial charge in [0.1, 0.15) is 6.04 Å². The van der Waals surface area contributed by atoms with Gasteiger partial charge in [0.2, 0.25) is 0 Å². The lowest BCUT2D eigenvalue weighted by atomic mass is 9.93. The first-order valence-corrected chi connectivity index (χ1v) is 8.06. The van der Waals surface area contributed by atoms with Crippen molar-refractivity contribution in [2.75, 3.05) is 6.26 Å².